The largest absolute Gasteiger partial charge is 0.387 e. The highest BCUT2D eigenvalue weighted by molar-refractivity contribution is 5.87. The second kappa shape index (κ2) is 5.57. The van der Waals surface area contributed by atoms with Gasteiger partial charge >= 0.3 is 0 Å². The van der Waals surface area contributed by atoms with Gasteiger partial charge in [-0.25, -0.2) is 0 Å². The minimum absolute atomic E-state index is 0.0751. The van der Waals surface area contributed by atoms with Gasteiger partial charge in [-0.3, -0.25) is 9.79 Å². The second-order valence-electron chi connectivity index (χ2n) is 2.54. The molecule has 0 aromatic carbocycles. The second-order valence-corrected chi connectivity index (χ2v) is 2.54. The summed E-state index contributed by atoms with van der Waals surface area (Å²) >= 11 is 0. The van der Waals surface area contributed by atoms with E-state index in [0.717, 1.165) is 0 Å². The van der Waals surface area contributed by atoms with E-state index in [1.54, 1.807) is 6.92 Å². The van der Waals surface area contributed by atoms with Gasteiger partial charge in [0.15, 0.2) is 0 Å². The third-order valence-electron chi connectivity index (χ3n) is 1.45. The van der Waals surface area contributed by atoms with E-state index in [4.69, 9.17) is 5.73 Å². The molecule has 0 saturated heterocycles. The van der Waals surface area contributed by atoms with Crippen molar-refractivity contribution in [1.82, 2.24) is 5.32 Å². The minimum atomic E-state index is -0.370. The molecule has 4 nitrogen and oxygen atoms in total. The van der Waals surface area contributed by atoms with Gasteiger partial charge in [-0.05, 0) is 13.8 Å². The predicted molar refractivity (Wildman–Crippen MR) is 50.1 cm³/mol. The molecular formula is C8H17N3O. The Morgan fingerprint density at radius 3 is 2.58 bits per heavy atom. The molecule has 70 valence electrons. The van der Waals surface area contributed by atoms with Crippen molar-refractivity contribution in [3.05, 3.63) is 0 Å². The van der Waals surface area contributed by atoms with Crippen molar-refractivity contribution in [2.75, 3.05) is 6.54 Å². The standard InChI is InChI=1S/C8H17N3O/c1-4-7(9)11-6(3)8(12)10-5-2/h6H,4-5H2,1-3H3,(H2,9,11)(H,10,12). The van der Waals surface area contributed by atoms with E-state index in [2.05, 4.69) is 10.3 Å². The first kappa shape index (κ1) is 10.9. The number of nitrogens with zero attached hydrogens (tertiary/aromatic N) is 1. The van der Waals surface area contributed by atoms with E-state index in [-0.39, 0.29) is 11.9 Å². The molecular weight excluding hydrogens is 154 g/mol. The number of rotatable bonds is 4. The van der Waals surface area contributed by atoms with Gasteiger partial charge in [0.1, 0.15) is 6.04 Å². The summed E-state index contributed by atoms with van der Waals surface area (Å²) < 4.78 is 0. The number of amides is 1. The number of carbonyl (C=O) groups is 1. The fraction of sp³-hybridized carbons (Fsp3) is 0.750. The van der Waals surface area contributed by atoms with Gasteiger partial charge in [0, 0.05) is 13.0 Å². The van der Waals surface area contributed by atoms with Crippen molar-refractivity contribution in [2.45, 2.75) is 33.2 Å². The molecule has 0 rings (SSSR count). The molecule has 1 unspecified atom stereocenters. The summed E-state index contributed by atoms with van der Waals surface area (Å²) in [6, 6.07) is -0.370. The van der Waals surface area contributed by atoms with Crippen molar-refractivity contribution in [3.8, 4) is 0 Å². The first-order valence-corrected chi connectivity index (χ1v) is 4.21. The van der Waals surface area contributed by atoms with Gasteiger partial charge < -0.3 is 11.1 Å². The van der Waals surface area contributed by atoms with E-state index in [1.165, 1.54) is 0 Å². The topological polar surface area (TPSA) is 67.5 Å². The lowest BCUT2D eigenvalue weighted by Gasteiger charge is -2.06. The predicted octanol–water partition coefficient (Wildman–Crippen LogP) is 0.278. The van der Waals surface area contributed by atoms with Crippen LogP contribution in [0.25, 0.3) is 0 Å². The summed E-state index contributed by atoms with van der Waals surface area (Å²) in [5.74, 6) is 0.447. The number of aliphatic imine (C=N–C) groups is 1. The molecule has 0 spiro atoms. The van der Waals surface area contributed by atoms with Crippen molar-refractivity contribution in [3.63, 3.8) is 0 Å². The monoisotopic (exact) mass is 171 g/mol. The Kier molecular flexibility index (Phi) is 5.08. The van der Waals surface area contributed by atoms with Crippen LogP contribution in [0.15, 0.2) is 4.99 Å². The number of hydrogen-bond acceptors (Lipinski definition) is 2. The molecule has 0 fully saturated rings. The summed E-state index contributed by atoms with van der Waals surface area (Å²) in [5.41, 5.74) is 5.48. The molecule has 4 heteroatoms. The highest BCUT2D eigenvalue weighted by Crippen LogP contribution is 1.90. The summed E-state index contributed by atoms with van der Waals surface area (Å²) in [6.07, 6.45) is 0.684. The van der Waals surface area contributed by atoms with E-state index < -0.39 is 0 Å². The van der Waals surface area contributed by atoms with Crippen molar-refractivity contribution in [1.29, 1.82) is 0 Å². The number of likely N-dealkylation sites (N-methyl/N-ethyl adjacent to an activating group) is 1. The van der Waals surface area contributed by atoms with E-state index >= 15 is 0 Å². The smallest absolute Gasteiger partial charge is 0.244 e. The molecule has 0 aliphatic heterocycles. The van der Waals surface area contributed by atoms with Crippen LogP contribution < -0.4 is 11.1 Å². The van der Waals surface area contributed by atoms with Crippen LogP contribution in [0.3, 0.4) is 0 Å². The van der Waals surface area contributed by atoms with Gasteiger partial charge in [0.05, 0.1) is 5.84 Å². The lowest BCUT2D eigenvalue weighted by Crippen LogP contribution is -2.32. The Morgan fingerprint density at radius 1 is 1.58 bits per heavy atom. The van der Waals surface area contributed by atoms with Crippen LogP contribution in [-0.4, -0.2) is 24.3 Å². The maximum absolute atomic E-state index is 11.1. The molecule has 0 aliphatic carbocycles. The van der Waals surface area contributed by atoms with Crippen LogP contribution in [0.5, 0.6) is 0 Å². The maximum Gasteiger partial charge on any atom is 0.244 e. The van der Waals surface area contributed by atoms with Gasteiger partial charge in [-0.15, -0.1) is 0 Å². The third kappa shape index (κ3) is 3.95. The minimum Gasteiger partial charge on any atom is -0.387 e. The number of hydrogen-bond donors (Lipinski definition) is 2. The number of nitrogens with two attached hydrogens (primary N) is 1. The van der Waals surface area contributed by atoms with Crippen LogP contribution >= 0.6 is 0 Å². The Labute approximate surface area is 73.2 Å². The van der Waals surface area contributed by atoms with Crippen LogP contribution in [0.4, 0.5) is 0 Å². The van der Waals surface area contributed by atoms with Gasteiger partial charge in [-0.2, -0.15) is 0 Å². The molecule has 0 bridgehead atoms. The summed E-state index contributed by atoms with van der Waals surface area (Å²) in [5, 5.41) is 2.67. The van der Waals surface area contributed by atoms with Gasteiger partial charge in [-0.1, -0.05) is 6.92 Å². The van der Waals surface area contributed by atoms with Crippen LogP contribution in [-0.2, 0) is 4.79 Å². The van der Waals surface area contributed by atoms with Crippen molar-refractivity contribution in [2.24, 2.45) is 10.7 Å². The fourth-order valence-electron chi connectivity index (χ4n) is 0.721. The van der Waals surface area contributed by atoms with Crippen LogP contribution in [0.2, 0.25) is 0 Å². The molecule has 1 atom stereocenters. The molecule has 0 saturated carbocycles. The Hall–Kier alpha value is -1.06. The summed E-state index contributed by atoms with van der Waals surface area (Å²) in [7, 11) is 0. The van der Waals surface area contributed by atoms with Crippen molar-refractivity contribution >= 4 is 11.7 Å². The molecule has 0 heterocycles. The molecule has 0 aliphatic rings. The number of nitrogens with one attached hydrogen (secondary N) is 1. The van der Waals surface area contributed by atoms with Crippen molar-refractivity contribution < 1.29 is 4.79 Å². The van der Waals surface area contributed by atoms with Crippen LogP contribution in [0, 0.1) is 0 Å². The van der Waals surface area contributed by atoms with E-state index in [9.17, 15) is 4.79 Å². The molecule has 0 aromatic rings. The number of carbonyl (C=O) groups excluding carboxylic acids is 1. The molecule has 1 amide bonds. The van der Waals surface area contributed by atoms with Gasteiger partial charge in [0.25, 0.3) is 0 Å². The number of amidine groups is 1. The lowest BCUT2D eigenvalue weighted by molar-refractivity contribution is -0.121. The lowest BCUT2D eigenvalue weighted by atomic mass is 10.3. The molecule has 3 N–H and O–H groups in total. The zero-order valence-electron chi connectivity index (χ0n) is 7.92. The van der Waals surface area contributed by atoms with E-state index in [1.807, 2.05) is 13.8 Å². The summed E-state index contributed by atoms with van der Waals surface area (Å²) in [6.45, 7) is 6.14. The highest BCUT2D eigenvalue weighted by Gasteiger charge is 2.09. The van der Waals surface area contributed by atoms with Crippen LogP contribution in [0.1, 0.15) is 27.2 Å². The molecule has 0 radical (unpaired) electrons. The molecule has 0 aromatic heterocycles. The van der Waals surface area contributed by atoms with Gasteiger partial charge in [0.2, 0.25) is 5.91 Å². The average Bonchev–Trinajstić information content (AvgIpc) is 2.04. The zero-order valence-corrected chi connectivity index (χ0v) is 7.92. The fourth-order valence-corrected chi connectivity index (χ4v) is 0.721. The maximum atomic E-state index is 11.1. The average molecular weight is 171 g/mol. The Balaban J connectivity index is 4.02. The first-order chi connectivity index (χ1) is 5.61. The SMILES string of the molecule is CCNC(=O)C(C)N=C(N)CC. The normalized spacial score (nSPS) is 14.1. The van der Waals surface area contributed by atoms with E-state index in [0.29, 0.717) is 18.8 Å². The Bertz CT molecular complexity index is 177. The zero-order chi connectivity index (χ0) is 9.56. The Morgan fingerprint density at radius 2 is 2.17 bits per heavy atom. The third-order valence-corrected chi connectivity index (χ3v) is 1.45. The molecule has 12 heavy (non-hydrogen) atoms. The first-order valence-electron chi connectivity index (χ1n) is 4.21. The summed E-state index contributed by atoms with van der Waals surface area (Å²) in [4.78, 5) is 15.1. The quantitative estimate of drug-likeness (QED) is 0.471. The highest BCUT2D eigenvalue weighted by atomic mass is 16.2.